The summed E-state index contributed by atoms with van der Waals surface area (Å²) >= 11 is 0. The molecule has 93 heavy (non-hydrogen) atoms. The van der Waals surface area contributed by atoms with Crippen LogP contribution in [0.25, 0.3) is 77.2 Å². The van der Waals surface area contributed by atoms with Gasteiger partial charge in [-0.2, -0.15) is 0 Å². The molecular weight excluding hydrogens is 1150 g/mol. The zero-order chi connectivity index (χ0) is 68.4. The Labute approximate surface area is 554 Å². The van der Waals surface area contributed by atoms with Gasteiger partial charge in [-0.15, -0.1) is 0 Å². The van der Waals surface area contributed by atoms with Crippen molar-refractivity contribution < 1.29 is 28.5 Å². The third-order valence-electron chi connectivity index (χ3n) is 18.9. The number of benzene rings is 8. The molecule has 10 rings (SSSR count). The molecule has 0 radical (unpaired) electrons. The molecule has 0 aliphatic rings. The first-order chi connectivity index (χ1) is 42.8. The lowest BCUT2D eigenvalue weighted by Crippen LogP contribution is -2.28. The first-order valence-corrected chi connectivity index (χ1v) is 33.7. The average Bonchev–Trinajstić information content (AvgIpc) is 1.58. The van der Waals surface area contributed by atoms with E-state index in [1.165, 1.54) is 46.5 Å². The lowest BCUT2D eigenvalue weighted by atomic mass is 9.71. The molecule has 2 heterocycles. The van der Waals surface area contributed by atoms with Crippen LogP contribution in [0.1, 0.15) is 219 Å². The maximum absolute atomic E-state index is 16.2. The minimum absolute atomic E-state index is 0.00691. The van der Waals surface area contributed by atoms with Crippen LogP contribution in [0.15, 0.2) is 133 Å². The van der Waals surface area contributed by atoms with Gasteiger partial charge in [-0.05, 0) is 200 Å². The molecule has 0 bridgehead atoms. The first kappa shape index (κ1) is 68.3. The molecule has 0 saturated carbocycles. The van der Waals surface area contributed by atoms with E-state index in [-0.39, 0.29) is 44.0 Å². The van der Waals surface area contributed by atoms with E-state index in [1.807, 2.05) is 26.0 Å². The lowest BCUT2D eigenvalue weighted by molar-refractivity contribution is 0.129. The van der Waals surface area contributed by atoms with Gasteiger partial charge in [0.2, 0.25) is 0 Å². The van der Waals surface area contributed by atoms with Crippen LogP contribution >= 0.6 is 0 Å². The summed E-state index contributed by atoms with van der Waals surface area (Å²) in [7, 11) is 0. The number of hydrogen-bond donors (Lipinski definition) is 2. The molecule has 2 atom stereocenters. The van der Waals surface area contributed by atoms with Gasteiger partial charge in [-0.25, -0.2) is 8.78 Å². The Morgan fingerprint density at radius 1 is 0.398 bits per heavy atom. The van der Waals surface area contributed by atoms with Crippen molar-refractivity contribution >= 4 is 43.6 Å². The van der Waals surface area contributed by atoms with Crippen molar-refractivity contribution in [2.75, 3.05) is 0 Å². The molecular formula is C85H104F2N2O4. The molecule has 492 valence electrons. The van der Waals surface area contributed by atoms with E-state index in [4.69, 9.17) is 9.47 Å². The lowest BCUT2D eigenvalue weighted by Gasteiger charge is -2.36. The number of hydrogen-bond acceptors (Lipinski definition) is 4. The van der Waals surface area contributed by atoms with E-state index >= 15 is 8.78 Å². The standard InChI is InChI=1S/C85H104F2N2O4/c1-50(92-73-37-32-59(87)46-64(73)65-44-57(84(21,22)48-78(3,4)5)45-71(75(65)90)88-67-33-28-53(80(9,10)11)40-60(67)61-41-54(81(12,13)14)29-34-68(61)88)38-51(2)93-77-66(85(23,24)49-79(6,7)8)47-72(76(91)74(77)52-26-25-27-58(86)39-52)89-69-35-30-55(82(15,16)17)42-62(69)63-43-56(83(18,19)20)31-36-70(63)89/h25-37,39-47,50-51,90-91H,38,48-49H2,1-24H3/t50-,51+/m1/s1. The second kappa shape index (κ2) is 23.7. The SMILES string of the molecule is C[C@H](C[C@H](C)Oc1c(C(C)(C)CC(C)(C)C)cc(-n2c3ccc(C(C)(C)C)cc3c3cc(C(C)(C)C)ccc32)c(O)c1-c1cccc(F)c1)Oc1ccc(F)cc1-c1cc(C(C)(C)CC(C)(C)C)cc(-n2c3ccc(C(C)(C)C)cc3c3cc(C(C)(C)C)ccc32)c1O. The van der Waals surface area contributed by atoms with Crippen LogP contribution in [0.5, 0.6) is 23.0 Å². The number of aromatic nitrogens is 2. The monoisotopic (exact) mass is 1250 g/mol. The molecule has 0 unspecified atom stereocenters. The Kier molecular flexibility index (Phi) is 17.4. The van der Waals surface area contributed by atoms with E-state index in [2.05, 4.69) is 246 Å². The minimum Gasteiger partial charge on any atom is -0.505 e. The molecule has 0 aliphatic heterocycles. The molecule has 0 amide bonds. The second-order valence-electron chi connectivity index (χ2n) is 35.0. The average molecular weight is 1260 g/mol. The third-order valence-corrected chi connectivity index (χ3v) is 18.9. The van der Waals surface area contributed by atoms with E-state index in [0.29, 0.717) is 51.5 Å². The van der Waals surface area contributed by atoms with Crippen molar-refractivity contribution in [3.05, 3.63) is 178 Å². The van der Waals surface area contributed by atoms with E-state index in [0.717, 1.165) is 67.6 Å². The van der Waals surface area contributed by atoms with Crippen LogP contribution in [0.3, 0.4) is 0 Å². The van der Waals surface area contributed by atoms with Gasteiger partial charge < -0.3 is 28.8 Å². The van der Waals surface area contributed by atoms with Crippen molar-refractivity contribution in [3.8, 4) is 56.6 Å². The number of fused-ring (bicyclic) bond motifs is 6. The van der Waals surface area contributed by atoms with Crippen molar-refractivity contribution in [3.63, 3.8) is 0 Å². The molecule has 8 heteroatoms. The highest BCUT2D eigenvalue weighted by atomic mass is 19.1. The number of rotatable bonds is 14. The molecule has 0 saturated heterocycles. The topological polar surface area (TPSA) is 68.8 Å². The summed E-state index contributed by atoms with van der Waals surface area (Å²) in [6, 6.07) is 43.9. The van der Waals surface area contributed by atoms with Crippen LogP contribution < -0.4 is 9.47 Å². The summed E-state index contributed by atoms with van der Waals surface area (Å²) in [5, 5.41) is 30.9. The van der Waals surface area contributed by atoms with Gasteiger partial charge >= 0.3 is 0 Å². The Balaban J connectivity index is 1.12. The van der Waals surface area contributed by atoms with Crippen LogP contribution in [0.2, 0.25) is 0 Å². The van der Waals surface area contributed by atoms with Crippen molar-refractivity contribution in [1.29, 1.82) is 0 Å². The van der Waals surface area contributed by atoms with Gasteiger partial charge in [-0.1, -0.05) is 189 Å². The van der Waals surface area contributed by atoms with Crippen molar-refractivity contribution in [2.24, 2.45) is 10.8 Å². The van der Waals surface area contributed by atoms with Gasteiger partial charge in [0, 0.05) is 44.7 Å². The van der Waals surface area contributed by atoms with Crippen LogP contribution in [0, 0.1) is 22.5 Å². The maximum Gasteiger partial charge on any atom is 0.151 e. The fourth-order valence-corrected chi connectivity index (χ4v) is 14.8. The zero-order valence-electron chi connectivity index (χ0n) is 60.3. The molecule has 10 aromatic rings. The summed E-state index contributed by atoms with van der Waals surface area (Å²) in [5.74, 6) is -0.0646. The predicted octanol–water partition coefficient (Wildman–Crippen LogP) is 24.1. The summed E-state index contributed by atoms with van der Waals surface area (Å²) < 4.78 is 50.9. The van der Waals surface area contributed by atoms with E-state index in [9.17, 15) is 10.2 Å². The number of phenols is 2. The van der Waals surface area contributed by atoms with Crippen LogP contribution in [-0.2, 0) is 32.5 Å². The molecule has 6 nitrogen and oxygen atoms in total. The third kappa shape index (κ3) is 13.9. The number of ether oxygens (including phenoxy) is 2. The Morgan fingerprint density at radius 3 is 1.23 bits per heavy atom. The van der Waals surface area contributed by atoms with E-state index in [1.54, 1.807) is 12.1 Å². The Bertz CT molecular complexity index is 4360. The maximum atomic E-state index is 16.2. The van der Waals surface area contributed by atoms with Gasteiger partial charge in [-0.3, -0.25) is 0 Å². The summed E-state index contributed by atoms with van der Waals surface area (Å²) in [5.41, 5.74) is 11.8. The number of aromatic hydroxyl groups is 2. The van der Waals surface area contributed by atoms with Crippen molar-refractivity contribution in [2.45, 2.75) is 230 Å². The summed E-state index contributed by atoms with van der Waals surface area (Å²) in [6.45, 7) is 53.2. The highest BCUT2D eigenvalue weighted by Gasteiger charge is 2.37. The van der Waals surface area contributed by atoms with Gasteiger partial charge in [0.05, 0.1) is 51.2 Å². The largest absolute Gasteiger partial charge is 0.505 e. The fraction of sp³-hybridized carbons (Fsp3) is 0.435. The Morgan fingerprint density at radius 2 is 0.806 bits per heavy atom. The second-order valence-corrected chi connectivity index (χ2v) is 35.0. The quantitative estimate of drug-likeness (QED) is 0.114. The molecule has 2 N–H and O–H groups in total. The molecule has 8 aromatic carbocycles. The first-order valence-electron chi connectivity index (χ1n) is 33.7. The van der Waals surface area contributed by atoms with Crippen molar-refractivity contribution in [1.82, 2.24) is 9.13 Å². The number of nitrogens with zero attached hydrogens (tertiary/aromatic N) is 2. The highest BCUT2D eigenvalue weighted by Crippen LogP contribution is 2.54. The highest BCUT2D eigenvalue weighted by molar-refractivity contribution is 6.11. The molecule has 0 fully saturated rings. The van der Waals surface area contributed by atoms with Gasteiger partial charge in [0.25, 0.3) is 0 Å². The Hall–Kier alpha value is -7.58. The number of halogens is 2. The molecule has 0 aliphatic carbocycles. The fourth-order valence-electron chi connectivity index (χ4n) is 14.8. The van der Waals surface area contributed by atoms with E-state index < -0.39 is 34.7 Å². The van der Waals surface area contributed by atoms with Gasteiger partial charge in [0.1, 0.15) is 28.9 Å². The predicted molar refractivity (Wildman–Crippen MR) is 389 cm³/mol. The minimum atomic E-state index is -0.554. The number of phenolic OH excluding ortho intramolecular Hbond substituents is 2. The summed E-state index contributed by atoms with van der Waals surface area (Å²) in [6.07, 6.45) is 0.862. The summed E-state index contributed by atoms with van der Waals surface area (Å²) in [4.78, 5) is 0. The van der Waals surface area contributed by atoms with Gasteiger partial charge in [0.15, 0.2) is 5.75 Å². The molecule has 2 aromatic heterocycles. The van der Waals surface area contributed by atoms with Crippen LogP contribution in [0.4, 0.5) is 8.78 Å². The van der Waals surface area contributed by atoms with Crippen LogP contribution in [-0.4, -0.2) is 31.6 Å². The zero-order valence-corrected chi connectivity index (χ0v) is 60.3. The smallest absolute Gasteiger partial charge is 0.151 e. The normalized spacial score (nSPS) is 14.0. The molecule has 0 spiro atoms.